The van der Waals surface area contributed by atoms with Crippen molar-refractivity contribution >= 4 is 29.7 Å². The van der Waals surface area contributed by atoms with Crippen LogP contribution in [0.15, 0.2) is 24.3 Å². The summed E-state index contributed by atoms with van der Waals surface area (Å²) in [6, 6.07) is 0.828. The van der Waals surface area contributed by atoms with E-state index in [-0.39, 0.29) is 18.6 Å². The molecule has 0 spiro atoms. The van der Waals surface area contributed by atoms with E-state index in [4.69, 9.17) is 21.1 Å². The van der Waals surface area contributed by atoms with Gasteiger partial charge in [-0.15, -0.1) is 0 Å². The second-order valence-electron chi connectivity index (χ2n) is 8.28. The Balaban J connectivity index is 2.92. The predicted molar refractivity (Wildman–Crippen MR) is 122 cm³/mol. The van der Waals surface area contributed by atoms with Gasteiger partial charge >= 0.3 is 11.9 Å². The van der Waals surface area contributed by atoms with E-state index in [1.807, 2.05) is 5.32 Å². The summed E-state index contributed by atoms with van der Waals surface area (Å²) in [5, 5.41) is 43.3. The topological polar surface area (TPSA) is 228 Å². The van der Waals surface area contributed by atoms with Gasteiger partial charge in [-0.3, -0.25) is 19.2 Å². The van der Waals surface area contributed by atoms with E-state index < -0.39 is 72.8 Å². The van der Waals surface area contributed by atoms with Crippen molar-refractivity contribution < 1.29 is 44.4 Å². The number of amides is 3. The highest BCUT2D eigenvalue weighted by Crippen LogP contribution is 2.11. The maximum absolute atomic E-state index is 12.9. The summed E-state index contributed by atoms with van der Waals surface area (Å²) in [5.74, 6) is -5.61. The summed E-state index contributed by atoms with van der Waals surface area (Å²) in [6.45, 7) is 2.35. The number of benzene rings is 1. The minimum Gasteiger partial charge on any atom is -0.508 e. The van der Waals surface area contributed by atoms with Crippen LogP contribution in [-0.4, -0.2) is 80.9 Å². The van der Waals surface area contributed by atoms with E-state index in [0.717, 1.165) is 0 Å². The second kappa shape index (κ2) is 13.9. The molecule has 35 heavy (non-hydrogen) atoms. The number of aliphatic hydroxyl groups excluding tert-OH is 1. The molecular weight excluding hydrogens is 464 g/mol. The third kappa shape index (κ3) is 9.98. The SMILES string of the molecule is CC(C)C(NC(=O)C(N)Cc1ccc(O)cc1)C(=O)NC(CCC(=O)O)C(=O)NC(CO)C(=O)O. The molecule has 4 atom stereocenters. The Hall–Kier alpha value is -3.71. The zero-order valence-corrected chi connectivity index (χ0v) is 19.4. The van der Waals surface area contributed by atoms with E-state index in [2.05, 4.69) is 10.6 Å². The summed E-state index contributed by atoms with van der Waals surface area (Å²) in [5.41, 5.74) is 6.63. The maximum Gasteiger partial charge on any atom is 0.328 e. The van der Waals surface area contributed by atoms with Crippen molar-refractivity contribution in [3.63, 3.8) is 0 Å². The van der Waals surface area contributed by atoms with Crippen LogP contribution in [0.3, 0.4) is 0 Å². The van der Waals surface area contributed by atoms with Crippen molar-refractivity contribution in [1.29, 1.82) is 0 Å². The number of hydrogen-bond acceptors (Lipinski definition) is 8. The summed E-state index contributed by atoms with van der Waals surface area (Å²) in [7, 11) is 0. The number of rotatable bonds is 14. The molecular formula is C22H32N4O9. The number of carboxylic acid groups (broad SMARTS) is 2. The third-order valence-corrected chi connectivity index (χ3v) is 5.05. The molecule has 9 N–H and O–H groups in total. The first-order valence-corrected chi connectivity index (χ1v) is 10.9. The van der Waals surface area contributed by atoms with Crippen molar-refractivity contribution in [2.75, 3.05) is 6.61 Å². The molecule has 0 aliphatic carbocycles. The number of carbonyl (C=O) groups excluding carboxylic acids is 3. The smallest absolute Gasteiger partial charge is 0.328 e. The van der Waals surface area contributed by atoms with Gasteiger partial charge in [0.2, 0.25) is 17.7 Å². The van der Waals surface area contributed by atoms with Gasteiger partial charge < -0.3 is 42.1 Å². The van der Waals surface area contributed by atoms with Gasteiger partial charge in [-0.2, -0.15) is 0 Å². The molecule has 13 nitrogen and oxygen atoms in total. The molecule has 3 amide bonds. The number of nitrogens with two attached hydrogens (primary N) is 1. The van der Waals surface area contributed by atoms with Crippen LogP contribution in [0.2, 0.25) is 0 Å². The van der Waals surface area contributed by atoms with Crippen molar-refractivity contribution in [2.45, 2.75) is 57.3 Å². The van der Waals surface area contributed by atoms with Gasteiger partial charge in [0.15, 0.2) is 0 Å². The number of phenolic OH excluding ortho intramolecular Hbond substituents is 1. The first-order chi connectivity index (χ1) is 16.3. The molecule has 0 aliphatic heterocycles. The Labute approximate surface area is 201 Å². The lowest BCUT2D eigenvalue weighted by Crippen LogP contribution is -2.58. The molecule has 1 rings (SSSR count). The van der Waals surface area contributed by atoms with Crippen LogP contribution in [-0.2, 0) is 30.4 Å². The van der Waals surface area contributed by atoms with Crippen LogP contribution >= 0.6 is 0 Å². The van der Waals surface area contributed by atoms with Crippen molar-refractivity contribution in [3.05, 3.63) is 29.8 Å². The number of aliphatic carboxylic acids is 2. The normalized spacial score (nSPS) is 14.3. The van der Waals surface area contributed by atoms with E-state index in [9.17, 15) is 29.1 Å². The summed E-state index contributed by atoms with van der Waals surface area (Å²) in [6.07, 6.45) is -0.741. The van der Waals surface area contributed by atoms with Gasteiger partial charge in [0.1, 0.15) is 23.9 Å². The molecule has 0 radical (unpaired) electrons. The van der Waals surface area contributed by atoms with Gasteiger partial charge in [0.05, 0.1) is 12.6 Å². The van der Waals surface area contributed by atoms with Gasteiger partial charge in [0.25, 0.3) is 0 Å². The van der Waals surface area contributed by atoms with Gasteiger partial charge in [-0.05, 0) is 36.5 Å². The summed E-state index contributed by atoms with van der Waals surface area (Å²) >= 11 is 0. The van der Waals surface area contributed by atoms with E-state index in [1.165, 1.54) is 12.1 Å². The van der Waals surface area contributed by atoms with Crippen molar-refractivity contribution in [1.82, 2.24) is 16.0 Å². The fourth-order valence-electron chi connectivity index (χ4n) is 3.03. The number of carbonyl (C=O) groups is 5. The zero-order valence-electron chi connectivity index (χ0n) is 19.4. The molecule has 4 unspecified atom stereocenters. The fourth-order valence-corrected chi connectivity index (χ4v) is 3.03. The lowest BCUT2D eigenvalue weighted by molar-refractivity contribution is -0.144. The number of aliphatic hydroxyl groups is 1. The highest BCUT2D eigenvalue weighted by Gasteiger charge is 2.31. The van der Waals surface area contributed by atoms with Gasteiger partial charge in [0, 0.05) is 6.42 Å². The third-order valence-electron chi connectivity index (χ3n) is 5.05. The van der Waals surface area contributed by atoms with Gasteiger partial charge in [-0.25, -0.2) is 4.79 Å². The largest absolute Gasteiger partial charge is 0.508 e. The van der Waals surface area contributed by atoms with E-state index in [1.54, 1.807) is 26.0 Å². The van der Waals surface area contributed by atoms with E-state index >= 15 is 0 Å². The Morgan fingerprint density at radius 2 is 1.46 bits per heavy atom. The van der Waals surface area contributed by atoms with Gasteiger partial charge in [-0.1, -0.05) is 26.0 Å². The highest BCUT2D eigenvalue weighted by atomic mass is 16.4. The average Bonchev–Trinajstić information content (AvgIpc) is 2.78. The molecule has 0 saturated carbocycles. The molecule has 0 aliphatic rings. The summed E-state index contributed by atoms with van der Waals surface area (Å²) in [4.78, 5) is 60.1. The minimum atomic E-state index is -1.65. The van der Waals surface area contributed by atoms with Crippen LogP contribution in [0.25, 0.3) is 0 Å². The highest BCUT2D eigenvalue weighted by molar-refractivity contribution is 5.94. The fraction of sp³-hybridized carbons (Fsp3) is 0.500. The standard InChI is InChI=1S/C22H32N4O9/c1-11(2)18(26-19(31)14(23)9-12-3-5-13(28)6-4-12)21(33)24-15(7-8-17(29)30)20(32)25-16(10-27)22(34)35/h3-6,11,14-16,18,27-28H,7-10,23H2,1-2H3,(H,24,33)(H,25,32)(H,26,31)(H,29,30)(H,34,35). The number of carboxylic acids is 2. The average molecular weight is 497 g/mol. The maximum atomic E-state index is 12.9. The van der Waals surface area contributed by atoms with Crippen molar-refractivity contribution in [3.8, 4) is 5.75 Å². The molecule has 0 fully saturated rings. The number of nitrogens with one attached hydrogen (secondary N) is 3. The Morgan fingerprint density at radius 1 is 0.886 bits per heavy atom. The van der Waals surface area contributed by atoms with Crippen molar-refractivity contribution in [2.24, 2.45) is 11.7 Å². The molecule has 1 aromatic carbocycles. The Kier molecular flexibility index (Phi) is 11.6. The van der Waals surface area contributed by atoms with E-state index in [0.29, 0.717) is 5.56 Å². The molecule has 194 valence electrons. The zero-order chi connectivity index (χ0) is 26.7. The first kappa shape index (κ1) is 29.3. The number of hydrogen-bond donors (Lipinski definition) is 8. The summed E-state index contributed by atoms with van der Waals surface area (Å²) < 4.78 is 0. The molecule has 0 saturated heterocycles. The van der Waals surface area contributed by atoms with Crippen LogP contribution in [0.5, 0.6) is 5.75 Å². The minimum absolute atomic E-state index is 0.0541. The lowest BCUT2D eigenvalue weighted by atomic mass is 10.0. The van der Waals surface area contributed by atoms with Crippen LogP contribution < -0.4 is 21.7 Å². The predicted octanol–water partition coefficient (Wildman–Crippen LogP) is -1.69. The monoisotopic (exact) mass is 496 g/mol. The Morgan fingerprint density at radius 3 is 1.94 bits per heavy atom. The molecule has 1 aromatic rings. The van der Waals surface area contributed by atoms with Crippen LogP contribution in [0.1, 0.15) is 32.3 Å². The number of aromatic hydroxyl groups is 1. The lowest BCUT2D eigenvalue weighted by Gasteiger charge is -2.26. The van der Waals surface area contributed by atoms with Crippen LogP contribution in [0, 0.1) is 5.92 Å². The molecule has 0 aromatic heterocycles. The molecule has 0 heterocycles. The molecule has 13 heteroatoms. The quantitative estimate of drug-likeness (QED) is 0.146. The molecule has 0 bridgehead atoms. The number of phenols is 1. The van der Waals surface area contributed by atoms with Crippen LogP contribution in [0.4, 0.5) is 0 Å². The first-order valence-electron chi connectivity index (χ1n) is 10.9. The Bertz CT molecular complexity index is 905. The second-order valence-corrected chi connectivity index (χ2v) is 8.28.